The number of aromatic nitrogens is 1. The summed E-state index contributed by atoms with van der Waals surface area (Å²) in [5.74, 6) is 1.09. The zero-order chi connectivity index (χ0) is 20.1. The van der Waals surface area contributed by atoms with Crippen LogP contribution in [-0.2, 0) is 6.54 Å². The molecule has 0 unspecified atom stereocenters. The predicted molar refractivity (Wildman–Crippen MR) is 104 cm³/mol. The Morgan fingerprint density at radius 2 is 1.86 bits per heavy atom. The molecule has 0 aliphatic rings. The Morgan fingerprint density at radius 1 is 1.11 bits per heavy atom. The zero-order valence-electron chi connectivity index (χ0n) is 16.1. The van der Waals surface area contributed by atoms with Crippen LogP contribution in [0.15, 0.2) is 51.4 Å². The highest BCUT2D eigenvalue weighted by Crippen LogP contribution is 2.23. The number of nitrogens with zero attached hydrogens (tertiary/aromatic N) is 1. The van der Waals surface area contributed by atoms with Gasteiger partial charge in [-0.3, -0.25) is 9.59 Å². The van der Waals surface area contributed by atoms with Gasteiger partial charge in [-0.2, -0.15) is 0 Å². The first-order chi connectivity index (χ1) is 13.5. The molecule has 1 atom stereocenters. The van der Waals surface area contributed by atoms with Gasteiger partial charge in [0.1, 0.15) is 17.2 Å². The lowest BCUT2D eigenvalue weighted by Gasteiger charge is -2.09. The summed E-state index contributed by atoms with van der Waals surface area (Å²) in [7, 11) is 0. The van der Waals surface area contributed by atoms with Gasteiger partial charge in [0, 0.05) is 23.2 Å². The molecule has 7 heteroatoms. The Labute approximate surface area is 163 Å². The number of nitrogens with one attached hydrogen (secondary N) is 2. The first-order valence-electron chi connectivity index (χ1n) is 9.17. The highest BCUT2D eigenvalue weighted by Gasteiger charge is 2.14. The van der Waals surface area contributed by atoms with Crippen molar-refractivity contribution in [2.24, 2.45) is 0 Å². The SMILES string of the molecule is CC[C@H](C)NC(=O)c1ccc(-c2ccc(C(=O)NCc3cc(C)on3)cc2)o1. The third-order valence-electron chi connectivity index (χ3n) is 4.36. The second-order valence-corrected chi connectivity index (χ2v) is 6.64. The summed E-state index contributed by atoms with van der Waals surface area (Å²) in [5, 5.41) is 9.50. The molecule has 2 aromatic heterocycles. The minimum absolute atomic E-state index is 0.0833. The van der Waals surface area contributed by atoms with E-state index >= 15 is 0 Å². The molecule has 0 radical (unpaired) electrons. The van der Waals surface area contributed by atoms with Crippen LogP contribution in [0, 0.1) is 6.92 Å². The molecule has 2 N–H and O–H groups in total. The summed E-state index contributed by atoms with van der Waals surface area (Å²) in [6.45, 7) is 6.04. The molecule has 28 heavy (non-hydrogen) atoms. The molecule has 0 saturated carbocycles. The highest BCUT2D eigenvalue weighted by molar-refractivity contribution is 5.95. The number of aryl methyl sites for hydroxylation is 1. The van der Waals surface area contributed by atoms with E-state index in [1.807, 2.05) is 13.8 Å². The number of carbonyl (C=O) groups excluding carboxylic acids is 2. The van der Waals surface area contributed by atoms with Gasteiger partial charge in [0.25, 0.3) is 11.8 Å². The molecule has 0 bridgehead atoms. The number of benzene rings is 1. The summed E-state index contributed by atoms with van der Waals surface area (Å²) in [4.78, 5) is 24.4. The molecule has 0 aliphatic heterocycles. The van der Waals surface area contributed by atoms with Gasteiger partial charge in [-0.05, 0) is 44.5 Å². The van der Waals surface area contributed by atoms with E-state index in [1.165, 1.54) is 0 Å². The van der Waals surface area contributed by atoms with Crippen LogP contribution in [0.4, 0.5) is 0 Å². The van der Waals surface area contributed by atoms with E-state index in [2.05, 4.69) is 15.8 Å². The number of hydrogen-bond donors (Lipinski definition) is 2. The largest absolute Gasteiger partial charge is 0.451 e. The van der Waals surface area contributed by atoms with E-state index in [-0.39, 0.29) is 23.6 Å². The zero-order valence-corrected chi connectivity index (χ0v) is 16.1. The van der Waals surface area contributed by atoms with Crippen molar-refractivity contribution in [1.82, 2.24) is 15.8 Å². The average molecular weight is 381 g/mol. The van der Waals surface area contributed by atoms with Crippen LogP contribution in [-0.4, -0.2) is 23.0 Å². The molecule has 3 aromatic rings. The van der Waals surface area contributed by atoms with Crippen molar-refractivity contribution in [2.45, 2.75) is 39.8 Å². The normalized spacial score (nSPS) is 11.8. The van der Waals surface area contributed by atoms with Crippen LogP contribution in [0.2, 0.25) is 0 Å². The fourth-order valence-electron chi connectivity index (χ4n) is 2.57. The minimum Gasteiger partial charge on any atom is -0.451 e. The van der Waals surface area contributed by atoms with Gasteiger partial charge in [-0.15, -0.1) is 0 Å². The average Bonchev–Trinajstić information content (AvgIpc) is 3.35. The second-order valence-electron chi connectivity index (χ2n) is 6.64. The Bertz CT molecular complexity index is 956. The Balaban J connectivity index is 1.62. The molecule has 0 saturated heterocycles. The number of amides is 2. The summed E-state index contributed by atoms with van der Waals surface area (Å²) in [5.41, 5.74) is 1.97. The monoisotopic (exact) mass is 381 g/mol. The van der Waals surface area contributed by atoms with Crippen LogP contribution in [0.1, 0.15) is 52.6 Å². The van der Waals surface area contributed by atoms with Gasteiger partial charge in [0.05, 0.1) is 6.54 Å². The predicted octanol–water partition coefficient (Wildman–Crippen LogP) is 3.70. The third kappa shape index (κ3) is 4.68. The van der Waals surface area contributed by atoms with E-state index in [9.17, 15) is 9.59 Å². The van der Waals surface area contributed by atoms with Crippen molar-refractivity contribution in [3.05, 3.63) is 65.2 Å². The van der Waals surface area contributed by atoms with Gasteiger partial charge in [-0.25, -0.2) is 0 Å². The van der Waals surface area contributed by atoms with Crippen LogP contribution < -0.4 is 10.6 Å². The standard InChI is InChI=1S/C21H23N3O4/c1-4-13(2)23-21(26)19-10-9-18(27-19)15-5-7-16(8-6-15)20(25)22-12-17-11-14(3)28-24-17/h5-11,13H,4,12H2,1-3H3,(H,22,25)(H,23,26)/t13-/m0/s1. The summed E-state index contributed by atoms with van der Waals surface area (Å²) in [6.07, 6.45) is 0.846. The number of carbonyl (C=O) groups is 2. The van der Waals surface area contributed by atoms with Crippen LogP contribution >= 0.6 is 0 Å². The van der Waals surface area contributed by atoms with E-state index in [0.29, 0.717) is 29.3 Å². The fraction of sp³-hybridized carbons (Fsp3) is 0.286. The Kier molecular flexibility index (Phi) is 5.93. The molecule has 0 spiro atoms. The van der Waals surface area contributed by atoms with Crippen molar-refractivity contribution in [1.29, 1.82) is 0 Å². The first kappa shape index (κ1) is 19.4. The summed E-state index contributed by atoms with van der Waals surface area (Å²) in [6, 6.07) is 12.2. The molecule has 0 aliphatic carbocycles. The number of rotatable bonds is 7. The van der Waals surface area contributed by atoms with Crippen LogP contribution in [0.5, 0.6) is 0 Å². The lowest BCUT2D eigenvalue weighted by atomic mass is 10.1. The third-order valence-corrected chi connectivity index (χ3v) is 4.36. The van der Waals surface area contributed by atoms with E-state index < -0.39 is 0 Å². The van der Waals surface area contributed by atoms with Crippen molar-refractivity contribution in [3.63, 3.8) is 0 Å². The van der Waals surface area contributed by atoms with Crippen LogP contribution in [0.3, 0.4) is 0 Å². The molecular weight excluding hydrogens is 358 g/mol. The van der Waals surface area contributed by atoms with E-state index in [4.69, 9.17) is 8.94 Å². The molecule has 146 valence electrons. The molecule has 3 rings (SSSR count). The van der Waals surface area contributed by atoms with Gasteiger partial charge < -0.3 is 19.6 Å². The maximum absolute atomic E-state index is 12.3. The fourth-order valence-corrected chi connectivity index (χ4v) is 2.57. The maximum Gasteiger partial charge on any atom is 0.287 e. The summed E-state index contributed by atoms with van der Waals surface area (Å²) >= 11 is 0. The van der Waals surface area contributed by atoms with E-state index in [0.717, 1.165) is 12.0 Å². The second kappa shape index (κ2) is 8.56. The number of hydrogen-bond acceptors (Lipinski definition) is 5. The van der Waals surface area contributed by atoms with Crippen molar-refractivity contribution < 1.29 is 18.5 Å². The van der Waals surface area contributed by atoms with Crippen molar-refractivity contribution in [3.8, 4) is 11.3 Å². The van der Waals surface area contributed by atoms with Gasteiger partial charge in [0.15, 0.2) is 5.76 Å². The summed E-state index contributed by atoms with van der Waals surface area (Å²) < 4.78 is 10.6. The molecule has 2 heterocycles. The first-order valence-corrected chi connectivity index (χ1v) is 9.17. The maximum atomic E-state index is 12.3. The van der Waals surface area contributed by atoms with Crippen molar-refractivity contribution in [2.75, 3.05) is 0 Å². The minimum atomic E-state index is -0.236. The Hall–Kier alpha value is -3.35. The highest BCUT2D eigenvalue weighted by atomic mass is 16.5. The molecule has 2 amide bonds. The Morgan fingerprint density at radius 3 is 2.50 bits per heavy atom. The van der Waals surface area contributed by atoms with Gasteiger partial charge in [-0.1, -0.05) is 24.2 Å². The molecule has 1 aromatic carbocycles. The molecule has 7 nitrogen and oxygen atoms in total. The lowest BCUT2D eigenvalue weighted by molar-refractivity contribution is 0.0910. The number of furan rings is 1. The van der Waals surface area contributed by atoms with Gasteiger partial charge in [0.2, 0.25) is 0 Å². The van der Waals surface area contributed by atoms with Gasteiger partial charge >= 0.3 is 0 Å². The smallest absolute Gasteiger partial charge is 0.287 e. The van der Waals surface area contributed by atoms with Crippen LogP contribution in [0.25, 0.3) is 11.3 Å². The van der Waals surface area contributed by atoms with Crippen molar-refractivity contribution >= 4 is 11.8 Å². The lowest BCUT2D eigenvalue weighted by Crippen LogP contribution is -2.31. The molecular formula is C21H23N3O4. The molecule has 0 fully saturated rings. The quantitative estimate of drug-likeness (QED) is 0.650. The topological polar surface area (TPSA) is 97.4 Å². The van der Waals surface area contributed by atoms with E-state index in [1.54, 1.807) is 49.4 Å².